The van der Waals surface area contributed by atoms with Crippen molar-refractivity contribution in [3.8, 4) is 11.1 Å². The summed E-state index contributed by atoms with van der Waals surface area (Å²) in [6.45, 7) is 0.638. The van der Waals surface area contributed by atoms with Crippen LogP contribution in [0, 0.1) is 0 Å². The maximum atomic E-state index is 12.8. The van der Waals surface area contributed by atoms with Crippen molar-refractivity contribution in [3.05, 3.63) is 75.9 Å². The second-order valence-corrected chi connectivity index (χ2v) is 10.2. The van der Waals surface area contributed by atoms with Crippen molar-refractivity contribution in [1.29, 1.82) is 0 Å². The minimum Gasteiger partial charge on any atom is -0.337 e. The fraction of sp³-hybridized carbons (Fsp3) is 0.190. The summed E-state index contributed by atoms with van der Waals surface area (Å²) in [4.78, 5) is 14.7. The molecule has 1 fully saturated rings. The fourth-order valence-corrected chi connectivity index (χ4v) is 5.88. The Morgan fingerprint density at radius 3 is 2.36 bits per heavy atom. The molecule has 0 radical (unpaired) electrons. The van der Waals surface area contributed by atoms with Gasteiger partial charge in [0.05, 0.1) is 10.1 Å². The van der Waals surface area contributed by atoms with Crippen molar-refractivity contribution in [1.82, 2.24) is 4.90 Å². The van der Waals surface area contributed by atoms with Crippen LogP contribution >= 0.6 is 22.9 Å². The van der Waals surface area contributed by atoms with Crippen LogP contribution in [0.3, 0.4) is 0 Å². The van der Waals surface area contributed by atoms with Crippen molar-refractivity contribution in [2.45, 2.75) is 16.6 Å². The van der Waals surface area contributed by atoms with Gasteiger partial charge in [0.25, 0.3) is 5.91 Å². The summed E-state index contributed by atoms with van der Waals surface area (Å²) >= 11 is 7.48. The van der Waals surface area contributed by atoms with E-state index in [1.165, 1.54) is 12.1 Å². The van der Waals surface area contributed by atoms with Crippen LogP contribution < -0.4 is 0 Å². The Morgan fingerprint density at radius 2 is 1.71 bits per heavy atom. The highest BCUT2D eigenvalue weighted by Gasteiger charge is 2.36. The van der Waals surface area contributed by atoms with Crippen molar-refractivity contribution < 1.29 is 13.2 Å². The summed E-state index contributed by atoms with van der Waals surface area (Å²) < 4.78 is 25.7. The molecule has 2 heterocycles. The Kier molecular flexibility index (Phi) is 5.27. The number of hydrogen-bond donors (Lipinski definition) is 0. The number of carbonyl (C=O) groups excluding carboxylic acids is 1. The fourth-order valence-electron chi connectivity index (χ4n) is 3.40. The van der Waals surface area contributed by atoms with Gasteiger partial charge in [-0.05, 0) is 70.8 Å². The third kappa shape index (κ3) is 3.72. The summed E-state index contributed by atoms with van der Waals surface area (Å²) in [6, 6.07) is 15.7. The molecule has 1 amide bonds. The van der Waals surface area contributed by atoms with Gasteiger partial charge in [0, 0.05) is 23.7 Å². The van der Waals surface area contributed by atoms with Gasteiger partial charge in [-0.25, -0.2) is 8.42 Å². The molecule has 1 aromatic heterocycles. The van der Waals surface area contributed by atoms with Crippen LogP contribution in [-0.4, -0.2) is 37.6 Å². The molecule has 0 aliphatic carbocycles. The van der Waals surface area contributed by atoms with Crippen LogP contribution in [0.5, 0.6) is 0 Å². The lowest BCUT2D eigenvalue weighted by Crippen LogP contribution is -2.31. The predicted octanol–water partition coefficient (Wildman–Crippen LogP) is 4.76. The van der Waals surface area contributed by atoms with Gasteiger partial charge < -0.3 is 4.90 Å². The molecule has 1 saturated heterocycles. The maximum Gasteiger partial charge on any atom is 0.253 e. The van der Waals surface area contributed by atoms with Gasteiger partial charge in [0.1, 0.15) is 0 Å². The zero-order valence-electron chi connectivity index (χ0n) is 14.9. The first-order valence-electron chi connectivity index (χ1n) is 8.86. The number of sulfone groups is 1. The molecule has 28 heavy (non-hydrogen) atoms. The quantitative estimate of drug-likeness (QED) is 0.598. The van der Waals surface area contributed by atoms with Crippen LogP contribution in [0.2, 0.25) is 5.02 Å². The highest BCUT2D eigenvalue weighted by molar-refractivity contribution is 7.92. The molecule has 2 aromatic carbocycles. The second-order valence-electron chi connectivity index (χ2n) is 6.75. The molecule has 3 aromatic rings. The molecule has 0 spiro atoms. The Bertz CT molecular complexity index is 1080. The van der Waals surface area contributed by atoms with Gasteiger partial charge in [-0.1, -0.05) is 23.7 Å². The summed E-state index contributed by atoms with van der Waals surface area (Å²) in [5, 5.41) is 3.97. The molecule has 1 atom stereocenters. The van der Waals surface area contributed by atoms with Crippen LogP contribution in [0.4, 0.5) is 0 Å². The minimum atomic E-state index is -3.49. The zero-order chi connectivity index (χ0) is 19.7. The number of benzene rings is 2. The molecule has 4 nitrogen and oxygen atoms in total. The highest BCUT2D eigenvalue weighted by atomic mass is 35.5. The lowest BCUT2D eigenvalue weighted by Gasteiger charge is -2.17. The number of amides is 1. The monoisotopic (exact) mass is 431 g/mol. The van der Waals surface area contributed by atoms with E-state index >= 15 is 0 Å². The first-order chi connectivity index (χ1) is 13.4. The van der Waals surface area contributed by atoms with E-state index in [4.69, 9.17) is 11.6 Å². The van der Waals surface area contributed by atoms with Crippen LogP contribution in [0.15, 0.2) is 70.3 Å². The number of likely N-dealkylation sites (tertiary alicyclic amines) is 1. The average Bonchev–Trinajstić information content (AvgIpc) is 3.40. The van der Waals surface area contributed by atoms with E-state index in [1.54, 1.807) is 40.5 Å². The third-order valence-electron chi connectivity index (χ3n) is 5.00. The summed E-state index contributed by atoms with van der Waals surface area (Å²) in [5.41, 5.74) is 2.75. The third-order valence-corrected chi connectivity index (χ3v) is 8.13. The zero-order valence-corrected chi connectivity index (χ0v) is 17.3. The Hall–Kier alpha value is -2.15. The Morgan fingerprint density at radius 1 is 1.00 bits per heavy atom. The Labute approximate surface area is 173 Å². The molecule has 0 saturated carbocycles. The number of carbonyl (C=O) groups is 1. The lowest BCUT2D eigenvalue weighted by atomic mass is 10.1. The van der Waals surface area contributed by atoms with Gasteiger partial charge in [-0.2, -0.15) is 11.3 Å². The number of nitrogens with zero attached hydrogens (tertiary/aromatic N) is 1. The van der Waals surface area contributed by atoms with Gasteiger partial charge in [-0.3, -0.25) is 4.79 Å². The van der Waals surface area contributed by atoms with Gasteiger partial charge in [0.15, 0.2) is 9.84 Å². The minimum absolute atomic E-state index is 0.134. The summed E-state index contributed by atoms with van der Waals surface area (Å²) in [7, 11) is -3.49. The maximum absolute atomic E-state index is 12.8. The molecule has 7 heteroatoms. The molecule has 0 bridgehead atoms. The standard InChI is InChI=1S/C21H18ClNO3S2/c22-18-5-7-19(8-6-18)28(25,26)20-9-11-23(13-20)21(24)16-3-1-15(2-4-16)17-10-12-27-14-17/h1-8,10,12,14,20H,9,11,13H2/t20-/m1/s1. The average molecular weight is 432 g/mol. The number of hydrogen-bond acceptors (Lipinski definition) is 4. The van der Waals surface area contributed by atoms with E-state index in [2.05, 4.69) is 5.38 Å². The number of halogens is 1. The second kappa shape index (κ2) is 7.70. The molecule has 144 valence electrons. The first-order valence-corrected chi connectivity index (χ1v) is 11.7. The van der Waals surface area contributed by atoms with Crippen LogP contribution in [-0.2, 0) is 9.84 Å². The molecular formula is C21H18ClNO3S2. The normalized spacial score (nSPS) is 17.0. The summed E-state index contributed by atoms with van der Waals surface area (Å²) in [6.07, 6.45) is 0.434. The highest BCUT2D eigenvalue weighted by Crippen LogP contribution is 2.27. The van der Waals surface area contributed by atoms with E-state index < -0.39 is 15.1 Å². The van der Waals surface area contributed by atoms with Gasteiger partial charge in [0.2, 0.25) is 0 Å². The lowest BCUT2D eigenvalue weighted by molar-refractivity contribution is 0.0793. The SMILES string of the molecule is O=C(c1ccc(-c2ccsc2)cc1)N1CC[C@@H](S(=O)(=O)c2ccc(Cl)cc2)C1. The van der Waals surface area contributed by atoms with E-state index in [1.807, 2.05) is 23.6 Å². The smallest absolute Gasteiger partial charge is 0.253 e. The van der Waals surface area contributed by atoms with Crippen molar-refractivity contribution >= 4 is 38.7 Å². The van der Waals surface area contributed by atoms with Crippen molar-refractivity contribution in [3.63, 3.8) is 0 Å². The Balaban J connectivity index is 1.47. The van der Waals surface area contributed by atoms with Gasteiger partial charge in [-0.15, -0.1) is 0 Å². The summed E-state index contributed by atoms with van der Waals surface area (Å²) in [5.74, 6) is -0.134. The van der Waals surface area contributed by atoms with Crippen molar-refractivity contribution in [2.75, 3.05) is 13.1 Å². The molecule has 4 rings (SSSR count). The predicted molar refractivity (Wildman–Crippen MR) is 113 cm³/mol. The first kappa shape index (κ1) is 19.2. The van der Waals surface area contributed by atoms with Gasteiger partial charge >= 0.3 is 0 Å². The van der Waals surface area contributed by atoms with Crippen LogP contribution in [0.1, 0.15) is 16.8 Å². The van der Waals surface area contributed by atoms with E-state index in [9.17, 15) is 13.2 Å². The molecule has 0 N–H and O–H groups in total. The largest absolute Gasteiger partial charge is 0.337 e. The number of rotatable bonds is 4. The topological polar surface area (TPSA) is 54.5 Å². The molecule has 1 aliphatic rings. The molecule has 1 aliphatic heterocycles. The van der Waals surface area contributed by atoms with Crippen LogP contribution in [0.25, 0.3) is 11.1 Å². The van der Waals surface area contributed by atoms with E-state index in [-0.39, 0.29) is 17.3 Å². The van der Waals surface area contributed by atoms with E-state index in [0.717, 1.165) is 11.1 Å². The molecule has 0 unspecified atom stereocenters. The number of thiophene rings is 1. The van der Waals surface area contributed by atoms with E-state index in [0.29, 0.717) is 23.6 Å². The molecular weight excluding hydrogens is 414 g/mol. The van der Waals surface area contributed by atoms with Crippen molar-refractivity contribution in [2.24, 2.45) is 0 Å².